The van der Waals surface area contributed by atoms with Crippen molar-refractivity contribution in [1.82, 2.24) is 0 Å². The summed E-state index contributed by atoms with van der Waals surface area (Å²) < 4.78 is 25.2. The van der Waals surface area contributed by atoms with Crippen molar-refractivity contribution in [1.29, 1.82) is 0 Å². The Kier molecular flexibility index (Phi) is 16.0. The summed E-state index contributed by atoms with van der Waals surface area (Å²) in [7, 11) is 0. The van der Waals surface area contributed by atoms with Crippen molar-refractivity contribution in [3.8, 4) is 0 Å². The first-order valence-electron chi connectivity index (χ1n) is 21.6. The molecule has 4 saturated carbocycles. The molecule has 4 aliphatic carbocycles. The Labute approximate surface area is 313 Å². The first-order valence-corrected chi connectivity index (χ1v) is 21.6. The fraction of sp³-hybridized carbons (Fsp3) is 0.933. The number of hydrogen-bond acceptors (Lipinski definition) is 6. The molecule has 1 N–H and O–H groups in total. The SMILES string of the molecule is C=C(C)C(=O)OC1CCC(C(C)(C)C2CCC(OC(C)(CC)CC(O)COC3CCC(C(C)(C)C4CCC(OC(C)CC)CC4)CC3)CC2)CC1. The van der Waals surface area contributed by atoms with Crippen molar-refractivity contribution in [3.63, 3.8) is 0 Å². The molecule has 0 spiro atoms. The Morgan fingerprint density at radius 3 is 1.51 bits per heavy atom. The fourth-order valence-electron chi connectivity index (χ4n) is 10.6. The Hall–Kier alpha value is -0.950. The van der Waals surface area contributed by atoms with Gasteiger partial charge in [0.15, 0.2) is 0 Å². The Morgan fingerprint density at radius 1 is 0.686 bits per heavy atom. The van der Waals surface area contributed by atoms with Gasteiger partial charge in [0.2, 0.25) is 0 Å². The van der Waals surface area contributed by atoms with Crippen LogP contribution in [0.15, 0.2) is 12.2 Å². The third-order valence-corrected chi connectivity index (χ3v) is 14.9. The van der Waals surface area contributed by atoms with Gasteiger partial charge in [-0.3, -0.25) is 0 Å². The lowest BCUT2D eigenvalue weighted by Crippen LogP contribution is -2.42. The zero-order valence-corrected chi connectivity index (χ0v) is 34.6. The third-order valence-electron chi connectivity index (χ3n) is 14.9. The van der Waals surface area contributed by atoms with E-state index in [9.17, 15) is 9.90 Å². The predicted octanol–water partition coefficient (Wildman–Crippen LogP) is 11.2. The minimum atomic E-state index is -0.503. The van der Waals surface area contributed by atoms with E-state index in [0.29, 0.717) is 48.1 Å². The molecule has 4 fully saturated rings. The highest BCUT2D eigenvalue weighted by Crippen LogP contribution is 2.50. The van der Waals surface area contributed by atoms with Crippen LogP contribution in [0.1, 0.15) is 184 Å². The molecule has 0 aromatic carbocycles. The van der Waals surface area contributed by atoms with E-state index in [0.717, 1.165) is 76.0 Å². The highest BCUT2D eigenvalue weighted by molar-refractivity contribution is 5.87. The summed E-state index contributed by atoms with van der Waals surface area (Å²) in [6.07, 6.45) is 22.0. The Bertz CT molecular complexity index is 1050. The lowest BCUT2D eigenvalue weighted by atomic mass is 9.60. The van der Waals surface area contributed by atoms with Crippen LogP contribution < -0.4 is 0 Å². The van der Waals surface area contributed by atoms with Crippen LogP contribution in [0.2, 0.25) is 0 Å². The van der Waals surface area contributed by atoms with Crippen LogP contribution in [0.3, 0.4) is 0 Å². The zero-order valence-electron chi connectivity index (χ0n) is 34.6. The highest BCUT2D eigenvalue weighted by Gasteiger charge is 2.43. The topological polar surface area (TPSA) is 74.2 Å². The first kappa shape index (κ1) is 42.8. The van der Waals surface area contributed by atoms with Gasteiger partial charge in [-0.1, -0.05) is 48.1 Å². The van der Waals surface area contributed by atoms with Gasteiger partial charge in [0.25, 0.3) is 0 Å². The molecule has 3 atom stereocenters. The summed E-state index contributed by atoms with van der Waals surface area (Å²) in [4.78, 5) is 12.0. The molecule has 0 amide bonds. The van der Waals surface area contributed by atoms with E-state index in [1.54, 1.807) is 6.92 Å². The van der Waals surface area contributed by atoms with Gasteiger partial charge in [-0.2, -0.15) is 0 Å². The molecule has 0 saturated heterocycles. The molecule has 6 heteroatoms. The van der Waals surface area contributed by atoms with Crippen molar-refractivity contribution < 1.29 is 28.8 Å². The van der Waals surface area contributed by atoms with Crippen molar-refractivity contribution in [2.75, 3.05) is 6.61 Å². The molecule has 0 radical (unpaired) electrons. The minimum absolute atomic E-state index is 0.0423. The van der Waals surface area contributed by atoms with Crippen molar-refractivity contribution in [2.45, 2.75) is 227 Å². The number of ether oxygens (including phenoxy) is 4. The predicted molar refractivity (Wildman–Crippen MR) is 209 cm³/mol. The number of carbonyl (C=O) groups excluding carboxylic acids is 1. The standard InChI is InChI=1S/C45H80O6/c1-11-32(5)49-39-23-15-34(16-24-39)43(6,7)33-13-21-38(22-14-33)48-30-37(46)29-45(10,12-2)51-41-27-19-36(20-28-41)44(8,9)35-17-25-40(26-18-35)50-42(47)31(3)4/h32-41,46H,3,11-30H2,1-2,4-10H3. The van der Waals surface area contributed by atoms with E-state index >= 15 is 0 Å². The Balaban J connectivity index is 1.14. The van der Waals surface area contributed by atoms with Crippen LogP contribution in [0.4, 0.5) is 0 Å². The van der Waals surface area contributed by atoms with E-state index < -0.39 is 6.10 Å². The van der Waals surface area contributed by atoms with E-state index in [4.69, 9.17) is 18.9 Å². The van der Waals surface area contributed by atoms with Crippen molar-refractivity contribution in [2.24, 2.45) is 34.5 Å². The van der Waals surface area contributed by atoms with Crippen LogP contribution in [0, 0.1) is 34.5 Å². The summed E-state index contributed by atoms with van der Waals surface area (Å²) in [5.41, 5.74) is 0.785. The van der Waals surface area contributed by atoms with Gasteiger partial charge in [0.05, 0.1) is 42.7 Å². The summed E-state index contributed by atoms with van der Waals surface area (Å²) in [6, 6.07) is 0. The average Bonchev–Trinajstić information content (AvgIpc) is 3.11. The monoisotopic (exact) mass is 717 g/mol. The van der Waals surface area contributed by atoms with Gasteiger partial charge in [-0.15, -0.1) is 0 Å². The van der Waals surface area contributed by atoms with Gasteiger partial charge < -0.3 is 24.1 Å². The van der Waals surface area contributed by atoms with Crippen LogP contribution in [-0.2, 0) is 23.7 Å². The molecule has 4 aliphatic rings. The molecule has 296 valence electrons. The molecule has 0 bridgehead atoms. The molecule has 0 aliphatic heterocycles. The number of aliphatic hydroxyl groups is 1. The summed E-state index contributed by atoms with van der Waals surface area (Å²) in [6.45, 7) is 24.7. The van der Waals surface area contributed by atoms with Gasteiger partial charge in [0.1, 0.15) is 6.10 Å². The van der Waals surface area contributed by atoms with Crippen LogP contribution in [-0.4, -0.2) is 59.9 Å². The molecule has 0 aromatic heterocycles. The molecular weight excluding hydrogens is 636 g/mol. The second-order valence-electron chi connectivity index (χ2n) is 19.2. The third kappa shape index (κ3) is 12.0. The van der Waals surface area contributed by atoms with E-state index in [1.165, 1.54) is 51.4 Å². The maximum atomic E-state index is 12.0. The normalized spacial score (nSPS) is 33.5. The zero-order chi connectivity index (χ0) is 37.4. The molecule has 4 rings (SSSR count). The van der Waals surface area contributed by atoms with Gasteiger partial charge in [-0.25, -0.2) is 4.79 Å². The number of carbonyl (C=O) groups is 1. The van der Waals surface area contributed by atoms with Crippen LogP contribution in [0.5, 0.6) is 0 Å². The molecule has 6 nitrogen and oxygen atoms in total. The van der Waals surface area contributed by atoms with E-state index in [2.05, 4.69) is 62.0 Å². The number of hydrogen-bond donors (Lipinski definition) is 1. The van der Waals surface area contributed by atoms with E-state index in [-0.39, 0.29) is 35.3 Å². The largest absolute Gasteiger partial charge is 0.459 e. The quantitative estimate of drug-likeness (QED) is 0.119. The van der Waals surface area contributed by atoms with Gasteiger partial charge >= 0.3 is 5.97 Å². The number of rotatable bonds is 17. The van der Waals surface area contributed by atoms with Gasteiger partial charge in [-0.05, 0) is 171 Å². The first-order chi connectivity index (χ1) is 24.1. The second-order valence-corrected chi connectivity index (χ2v) is 19.2. The maximum absolute atomic E-state index is 12.0. The summed E-state index contributed by atoms with van der Waals surface area (Å²) in [5, 5.41) is 11.2. The lowest BCUT2D eigenvalue weighted by molar-refractivity contribution is -0.147. The minimum Gasteiger partial charge on any atom is -0.459 e. The molecule has 0 aromatic rings. The second kappa shape index (κ2) is 19.1. The summed E-state index contributed by atoms with van der Waals surface area (Å²) >= 11 is 0. The Morgan fingerprint density at radius 2 is 1.10 bits per heavy atom. The number of esters is 1. The van der Waals surface area contributed by atoms with Crippen molar-refractivity contribution in [3.05, 3.63) is 12.2 Å². The maximum Gasteiger partial charge on any atom is 0.333 e. The molecule has 3 unspecified atom stereocenters. The fourth-order valence-corrected chi connectivity index (χ4v) is 10.6. The highest BCUT2D eigenvalue weighted by atomic mass is 16.5. The number of aliphatic hydroxyl groups excluding tert-OH is 1. The molecule has 51 heavy (non-hydrogen) atoms. The van der Waals surface area contributed by atoms with Crippen LogP contribution >= 0.6 is 0 Å². The van der Waals surface area contributed by atoms with Crippen LogP contribution in [0.25, 0.3) is 0 Å². The average molecular weight is 717 g/mol. The smallest absolute Gasteiger partial charge is 0.333 e. The molecular formula is C45H80O6. The van der Waals surface area contributed by atoms with Gasteiger partial charge in [0, 0.05) is 12.0 Å². The summed E-state index contributed by atoms with van der Waals surface area (Å²) in [5.74, 6) is 2.65. The molecule has 0 heterocycles. The lowest BCUT2D eigenvalue weighted by Gasteiger charge is -2.47. The van der Waals surface area contributed by atoms with Crippen molar-refractivity contribution >= 4 is 5.97 Å². The van der Waals surface area contributed by atoms with E-state index in [1.807, 2.05) is 0 Å².